The molecule has 16 rings (SSSR count). The van der Waals surface area contributed by atoms with Gasteiger partial charge in [-0.1, -0.05) is 132 Å². The Morgan fingerprint density at radius 3 is 0.904 bits per heavy atom. The number of allylic oxidation sites excluding steroid dienone is 2. The van der Waals surface area contributed by atoms with E-state index in [4.69, 9.17) is 32.7 Å². The van der Waals surface area contributed by atoms with Gasteiger partial charge in [-0.2, -0.15) is 0 Å². The highest BCUT2D eigenvalue weighted by Crippen LogP contribution is 2.34. The van der Waals surface area contributed by atoms with Gasteiger partial charge in [0.25, 0.3) is 23.6 Å². The molecule has 8 heterocycles. The van der Waals surface area contributed by atoms with Crippen LogP contribution in [0.25, 0.3) is 33.4 Å². The summed E-state index contributed by atoms with van der Waals surface area (Å²) in [7, 11) is 9.83. The maximum absolute atomic E-state index is 13.0. The fourth-order valence-corrected chi connectivity index (χ4v) is 14.5. The Labute approximate surface area is 670 Å². The van der Waals surface area contributed by atoms with Crippen LogP contribution in [0.1, 0.15) is 86.2 Å². The van der Waals surface area contributed by atoms with Gasteiger partial charge in [0.2, 0.25) is 23.6 Å². The van der Waals surface area contributed by atoms with Gasteiger partial charge in [-0.05, 0) is 178 Å². The number of pyridine rings is 2. The lowest BCUT2D eigenvalue weighted by Gasteiger charge is -2.21. The van der Waals surface area contributed by atoms with Crippen LogP contribution >= 0.6 is 23.2 Å². The zero-order chi connectivity index (χ0) is 80.4. The van der Waals surface area contributed by atoms with Crippen molar-refractivity contribution in [1.29, 1.82) is 0 Å². The van der Waals surface area contributed by atoms with E-state index in [-0.39, 0.29) is 47.3 Å². The number of hydrogen-bond donors (Lipinski definition) is 4. The molecule has 0 fully saturated rings. The SMILES string of the molecule is CN1C(=O)C(Cc2ccc(C3=CCN=C3)cc2)NC(=O)c2cc(Cl)ccc21.COc1ccc2c(c1)C(=O)NC(Cc1ccc(-c3ccnc(C)c3)cc1)C(=O)N2C.COc1ccc2c(c1)C(=O)NC(Cc1ccc(C3=CCN=C3)cc1)C(=O)N2C.Cc1cc(-c2ccc(CC3NC(=O)c4cc(Cl)ccc4N(C)C3=O)cc2)ccn1. The molecule has 2 aromatic heterocycles. The smallest absolute Gasteiger partial charge is 0.254 e. The summed E-state index contributed by atoms with van der Waals surface area (Å²) in [6.07, 6.45) is 13.1. The molecule has 0 aliphatic carbocycles. The summed E-state index contributed by atoms with van der Waals surface area (Å²) in [5.41, 5.74) is 18.5. The zero-order valence-electron chi connectivity index (χ0n) is 63.9. The molecule has 576 valence electrons. The minimum Gasteiger partial charge on any atom is -0.497 e. The Hall–Kier alpha value is -13.2. The van der Waals surface area contributed by atoms with Crippen molar-refractivity contribution in [3.63, 3.8) is 0 Å². The monoisotopic (exact) mass is 1560 g/mol. The zero-order valence-corrected chi connectivity index (χ0v) is 65.4. The number of nitrogens with zero attached hydrogens (tertiary/aromatic N) is 8. The number of fused-ring (bicyclic) bond motifs is 4. The molecule has 4 unspecified atom stereocenters. The van der Waals surface area contributed by atoms with E-state index in [0.717, 1.165) is 91.3 Å². The quantitative estimate of drug-likeness (QED) is 0.0792. The Balaban J connectivity index is 0.000000133. The van der Waals surface area contributed by atoms with E-state index in [9.17, 15) is 38.4 Å². The number of likely N-dealkylation sites (N-methyl/N-ethyl adjacent to an activating group) is 4. The largest absolute Gasteiger partial charge is 0.497 e. The van der Waals surface area contributed by atoms with E-state index in [0.29, 0.717) is 92.2 Å². The van der Waals surface area contributed by atoms with Gasteiger partial charge >= 0.3 is 0 Å². The molecule has 4 atom stereocenters. The molecule has 0 bridgehead atoms. The van der Waals surface area contributed by atoms with Crippen molar-refractivity contribution in [2.75, 3.05) is 75.1 Å². The van der Waals surface area contributed by atoms with Crippen LogP contribution in [0.4, 0.5) is 22.7 Å². The summed E-state index contributed by atoms with van der Waals surface area (Å²) in [6.45, 7) is 5.36. The van der Waals surface area contributed by atoms with E-state index >= 15 is 0 Å². The first-order valence-corrected chi connectivity index (χ1v) is 37.6. The van der Waals surface area contributed by atoms with Crippen LogP contribution in [0.2, 0.25) is 10.0 Å². The molecule has 0 saturated heterocycles. The molecule has 0 spiro atoms. The van der Waals surface area contributed by atoms with Crippen LogP contribution in [0, 0.1) is 13.8 Å². The minimum absolute atomic E-state index is 0.146. The van der Waals surface area contributed by atoms with Crippen molar-refractivity contribution in [3.8, 4) is 33.8 Å². The van der Waals surface area contributed by atoms with Crippen LogP contribution in [0.15, 0.2) is 229 Å². The molecule has 0 radical (unpaired) electrons. The third kappa shape index (κ3) is 18.1. The predicted octanol–water partition coefficient (Wildman–Crippen LogP) is 13.0. The second-order valence-electron chi connectivity index (χ2n) is 28.1. The number of aryl methyl sites for hydroxylation is 2. The molecule has 4 N–H and O–H groups in total. The molecule has 8 amide bonds. The maximum Gasteiger partial charge on any atom is 0.254 e. The first-order chi connectivity index (χ1) is 55.0. The lowest BCUT2D eigenvalue weighted by Crippen LogP contribution is -2.45. The number of carbonyl (C=O) groups is 8. The number of aliphatic imine (C=N–C) groups is 2. The molecule has 0 saturated carbocycles. The number of methoxy groups -OCH3 is 2. The lowest BCUT2D eigenvalue weighted by atomic mass is 10.0. The summed E-state index contributed by atoms with van der Waals surface area (Å²) in [5.74, 6) is -0.608. The van der Waals surface area contributed by atoms with Crippen molar-refractivity contribution in [2.24, 2.45) is 9.98 Å². The fraction of sp³-hybridized carbons (Fsp3) is 0.200. The van der Waals surface area contributed by atoms with Gasteiger partial charge in [0.05, 0.1) is 72.3 Å². The summed E-state index contributed by atoms with van der Waals surface area (Å²) in [5, 5.41) is 12.3. The second-order valence-corrected chi connectivity index (χ2v) is 28.9. The first-order valence-electron chi connectivity index (χ1n) is 36.9. The maximum atomic E-state index is 13.0. The fourth-order valence-electron chi connectivity index (χ4n) is 14.2. The predicted molar refractivity (Wildman–Crippen MR) is 447 cm³/mol. The van der Waals surface area contributed by atoms with Crippen molar-refractivity contribution < 1.29 is 47.8 Å². The third-order valence-electron chi connectivity index (χ3n) is 20.5. The van der Waals surface area contributed by atoms with Crippen molar-refractivity contribution in [3.05, 3.63) is 296 Å². The summed E-state index contributed by atoms with van der Waals surface area (Å²) >= 11 is 12.1. The van der Waals surface area contributed by atoms with Gasteiger partial charge in [-0.25, -0.2) is 0 Å². The van der Waals surface area contributed by atoms with Gasteiger partial charge < -0.3 is 50.3 Å². The van der Waals surface area contributed by atoms with E-state index < -0.39 is 24.2 Å². The van der Waals surface area contributed by atoms with Crippen LogP contribution < -0.4 is 50.3 Å². The van der Waals surface area contributed by atoms with E-state index in [1.165, 1.54) is 19.6 Å². The number of hydrogen-bond acceptors (Lipinski definition) is 14. The van der Waals surface area contributed by atoms with Crippen molar-refractivity contribution in [1.82, 2.24) is 31.2 Å². The molecule has 114 heavy (non-hydrogen) atoms. The molecule has 6 aliphatic heterocycles. The van der Waals surface area contributed by atoms with Crippen LogP contribution in [-0.4, -0.2) is 149 Å². The Kier molecular flexibility index (Phi) is 24.3. The van der Waals surface area contributed by atoms with Crippen molar-refractivity contribution in [2.45, 2.75) is 63.7 Å². The van der Waals surface area contributed by atoms with Gasteiger partial charge in [0.1, 0.15) is 35.7 Å². The highest BCUT2D eigenvalue weighted by molar-refractivity contribution is 6.32. The number of benzene rings is 8. The number of rotatable bonds is 14. The number of aromatic nitrogens is 2. The highest BCUT2D eigenvalue weighted by atomic mass is 35.5. The lowest BCUT2D eigenvalue weighted by molar-refractivity contribution is -0.120. The van der Waals surface area contributed by atoms with E-state index in [2.05, 4.69) is 53.4 Å². The summed E-state index contributed by atoms with van der Waals surface area (Å²) < 4.78 is 10.4. The normalized spacial score (nSPS) is 17.3. The summed E-state index contributed by atoms with van der Waals surface area (Å²) in [6, 6.07) is 57.7. The van der Waals surface area contributed by atoms with Crippen LogP contribution in [0.3, 0.4) is 0 Å². The average Bonchev–Trinajstić information content (AvgIpc) is 1.64. The minimum atomic E-state index is -0.646. The highest BCUT2D eigenvalue weighted by Gasteiger charge is 2.37. The standard InChI is InChI=1S/C24H23N3O3.C23H20ClN3O2.C22H21N3O3.C21H18ClN3O2/c1-15-12-18(10-11-25-15)17-6-4-16(5-7-17)13-21-24(29)27(2)22-9-8-19(30-3)14-20(22)23(28)26-21;1-14-11-17(9-10-25-14)16-5-3-15(4-6-16)12-20-23(29)27(2)21-8-7-18(24)13-19(21)22(28)26-20;1-25-20-8-7-17(28-2)12-18(20)21(26)24-19(22(25)27)11-14-3-5-15(6-4-14)16-9-10-23-13-16;1-25-19-7-6-16(22)11-17(19)20(26)24-18(21(25)27)10-13-2-4-14(5-3-13)15-8-9-23-12-15/h4-12,14,21H,13H2,1-3H3,(H,26,28);3-11,13,20H,12H2,1-2H3,(H,26,28);3-9,12-13,19H,10-11H2,1-2H3,(H,24,26);2-8,11-12,18H,9-10H2,1H3,(H,24,26). The molecule has 8 aromatic carbocycles. The Morgan fingerprint density at radius 2 is 0.632 bits per heavy atom. The summed E-state index contributed by atoms with van der Waals surface area (Å²) in [4.78, 5) is 125. The molecule has 22 nitrogen and oxygen atoms in total. The topological polar surface area (TPSA) is 267 Å². The van der Waals surface area contributed by atoms with Gasteiger partial charge in [0.15, 0.2) is 0 Å². The Bertz CT molecular complexity index is 5540. The molecular weight excluding hydrogens is 1480 g/mol. The van der Waals surface area contributed by atoms with Gasteiger partial charge in [0, 0.05) is 100 Å². The molecule has 10 aromatic rings. The first kappa shape index (κ1) is 78.9. The van der Waals surface area contributed by atoms with E-state index in [1.807, 2.05) is 148 Å². The number of ether oxygens (including phenoxy) is 2. The molecule has 6 aliphatic rings. The number of halogens is 2. The van der Waals surface area contributed by atoms with E-state index in [1.54, 1.807) is 128 Å². The number of amides is 8. The molecule has 24 heteroatoms. The van der Waals surface area contributed by atoms with Crippen LogP contribution in [0.5, 0.6) is 11.5 Å². The second kappa shape index (κ2) is 35.0. The van der Waals surface area contributed by atoms with Gasteiger partial charge in [-0.3, -0.25) is 58.3 Å². The number of anilines is 4. The van der Waals surface area contributed by atoms with Crippen LogP contribution in [-0.2, 0) is 44.9 Å². The molecular formula is C90H82Cl2N12O10. The third-order valence-corrected chi connectivity index (χ3v) is 21.0. The Morgan fingerprint density at radius 1 is 0.351 bits per heavy atom. The average molecular weight is 1560 g/mol. The van der Waals surface area contributed by atoms with Gasteiger partial charge in [-0.15, -0.1) is 0 Å². The number of carbonyl (C=O) groups excluding carboxylic acids is 8. The number of nitrogens with one attached hydrogen (secondary N) is 4. The van der Waals surface area contributed by atoms with Crippen molar-refractivity contribution >= 4 is 117 Å².